The number of anilines is 2. The van der Waals surface area contributed by atoms with Crippen molar-refractivity contribution in [1.82, 2.24) is 0 Å². The average Bonchev–Trinajstić information content (AvgIpc) is 3.03. The van der Waals surface area contributed by atoms with Crippen molar-refractivity contribution in [3.05, 3.63) is 64.7 Å². The molecule has 1 amide bonds. The van der Waals surface area contributed by atoms with E-state index in [1.54, 1.807) is 24.1 Å². The van der Waals surface area contributed by atoms with Gasteiger partial charge in [-0.05, 0) is 36.4 Å². The quantitative estimate of drug-likeness (QED) is 0.461. The van der Waals surface area contributed by atoms with Crippen LogP contribution in [-0.4, -0.2) is 31.3 Å². The summed E-state index contributed by atoms with van der Waals surface area (Å²) in [5, 5.41) is 12.6. The van der Waals surface area contributed by atoms with Gasteiger partial charge in [0.1, 0.15) is 16.7 Å². The standard InChI is InChI=1S/C21H17N3O4S/c1-13(25)23-15-9-7-14(8-10-15)21(27)28-12-18(26)16(11-22)20-24(2)17-5-3-4-6-19(17)29-20/h3-10H,12H2,1-2H3,(H,23,25)/b20-16-. The molecule has 1 heterocycles. The molecule has 0 spiro atoms. The molecule has 3 rings (SSSR count). The summed E-state index contributed by atoms with van der Waals surface area (Å²) in [7, 11) is 1.78. The largest absolute Gasteiger partial charge is 0.454 e. The monoisotopic (exact) mass is 407 g/mol. The van der Waals surface area contributed by atoms with E-state index < -0.39 is 18.4 Å². The molecule has 0 saturated carbocycles. The van der Waals surface area contributed by atoms with E-state index in [-0.39, 0.29) is 17.0 Å². The number of fused-ring (bicyclic) bond motifs is 1. The number of hydrogen-bond acceptors (Lipinski definition) is 7. The fourth-order valence-corrected chi connectivity index (χ4v) is 3.89. The number of rotatable bonds is 5. The van der Waals surface area contributed by atoms with Crippen molar-refractivity contribution in [3.63, 3.8) is 0 Å². The van der Waals surface area contributed by atoms with Gasteiger partial charge in [0.15, 0.2) is 6.61 Å². The Labute approximate surface area is 172 Å². The van der Waals surface area contributed by atoms with Crippen molar-refractivity contribution in [3.8, 4) is 6.07 Å². The van der Waals surface area contributed by atoms with Gasteiger partial charge in [-0.1, -0.05) is 23.9 Å². The Morgan fingerprint density at radius 1 is 1.14 bits per heavy atom. The van der Waals surface area contributed by atoms with Gasteiger partial charge >= 0.3 is 5.97 Å². The second-order valence-electron chi connectivity index (χ2n) is 6.18. The summed E-state index contributed by atoms with van der Waals surface area (Å²) in [5.74, 6) is -1.48. The molecule has 0 radical (unpaired) electrons. The third-order valence-corrected chi connectivity index (χ3v) is 5.35. The summed E-state index contributed by atoms with van der Waals surface area (Å²) >= 11 is 1.33. The molecule has 0 atom stereocenters. The highest BCUT2D eigenvalue weighted by atomic mass is 32.2. The molecule has 0 fully saturated rings. The number of thioether (sulfide) groups is 1. The maximum absolute atomic E-state index is 12.5. The highest BCUT2D eigenvalue weighted by Gasteiger charge is 2.28. The Balaban J connectivity index is 1.67. The SMILES string of the molecule is CC(=O)Nc1ccc(C(=O)OCC(=O)/C(C#N)=C2\Sc3ccccc3N2C)cc1. The summed E-state index contributed by atoms with van der Waals surface area (Å²) in [4.78, 5) is 38.5. The fraction of sp³-hybridized carbons (Fsp3) is 0.143. The van der Waals surface area contributed by atoms with Gasteiger partial charge in [-0.2, -0.15) is 5.26 Å². The highest BCUT2D eigenvalue weighted by Crippen LogP contribution is 2.46. The molecule has 2 aromatic rings. The molecule has 0 bridgehead atoms. The van der Waals surface area contributed by atoms with Crippen LogP contribution in [0.1, 0.15) is 17.3 Å². The number of nitrogens with one attached hydrogen (secondary N) is 1. The lowest BCUT2D eigenvalue weighted by atomic mass is 10.2. The number of ether oxygens (including phenoxy) is 1. The molecular weight excluding hydrogens is 390 g/mol. The van der Waals surface area contributed by atoms with Crippen molar-refractivity contribution in [2.24, 2.45) is 0 Å². The number of nitriles is 1. The van der Waals surface area contributed by atoms with E-state index >= 15 is 0 Å². The first kappa shape index (κ1) is 20.2. The average molecular weight is 407 g/mol. The lowest BCUT2D eigenvalue weighted by molar-refractivity contribution is -0.118. The molecule has 8 heteroatoms. The second-order valence-corrected chi connectivity index (χ2v) is 7.21. The number of amides is 1. The summed E-state index contributed by atoms with van der Waals surface area (Å²) in [6, 6.07) is 15.6. The zero-order valence-electron chi connectivity index (χ0n) is 15.8. The molecule has 0 aliphatic carbocycles. The molecule has 1 N–H and O–H groups in total. The van der Waals surface area contributed by atoms with Crippen molar-refractivity contribution >= 4 is 40.8 Å². The van der Waals surface area contributed by atoms with Gasteiger partial charge < -0.3 is 15.0 Å². The molecule has 2 aromatic carbocycles. The van der Waals surface area contributed by atoms with E-state index in [4.69, 9.17) is 4.74 Å². The number of nitrogens with zero attached hydrogens (tertiary/aromatic N) is 2. The van der Waals surface area contributed by atoms with Crippen LogP contribution >= 0.6 is 11.8 Å². The highest BCUT2D eigenvalue weighted by molar-refractivity contribution is 8.03. The van der Waals surface area contributed by atoms with E-state index in [2.05, 4.69) is 5.32 Å². The van der Waals surface area contributed by atoms with Gasteiger partial charge in [0.2, 0.25) is 11.7 Å². The minimum atomic E-state index is -0.689. The molecule has 146 valence electrons. The Hall–Kier alpha value is -3.57. The van der Waals surface area contributed by atoms with Gasteiger partial charge in [-0.15, -0.1) is 0 Å². The summed E-state index contributed by atoms with van der Waals surface area (Å²) < 4.78 is 5.08. The topological polar surface area (TPSA) is 99.5 Å². The lowest BCUT2D eigenvalue weighted by Gasteiger charge is -2.14. The molecule has 0 unspecified atom stereocenters. The number of para-hydroxylation sites is 1. The molecule has 7 nitrogen and oxygen atoms in total. The molecule has 0 saturated heterocycles. The third kappa shape index (κ3) is 4.47. The Morgan fingerprint density at radius 3 is 2.45 bits per heavy atom. The third-order valence-electron chi connectivity index (χ3n) is 4.12. The Kier molecular flexibility index (Phi) is 6.00. The molecule has 29 heavy (non-hydrogen) atoms. The summed E-state index contributed by atoms with van der Waals surface area (Å²) in [6.45, 7) is 0.844. The predicted molar refractivity (Wildman–Crippen MR) is 109 cm³/mol. The van der Waals surface area contributed by atoms with Crippen molar-refractivity contribution in [2.75, 3.05) is 23.9 Å². The minimum Gasteiger partial charge on any atom is -0.454 e. The second kappa shape index (κ2) is 8.63. The van der Waals surface area contributed by atoms with E-state index in [1.807, 2.05) is 30.3 Å². The van der Waals surface area contributed by atoms with Crippen molar-refractivity contribution in [2.45, 2.75) is 11.8 Å². The minimum absolute atomic E-state index is 0.0532. The molecule has 0 aromatic heterocycles. The van der Waals surface area contributed by atoms with Crippen molar-refractivity contribution in [1.29, 1.82) is 5.26 Å². The molecular formula is C21H17N3O4S. The number of carbonyl (C=O) groups is 3. The Bertz CT molecular complexity index is 1050. The van der Waals surface area contributed by atoms with Gasteiger partial charge in [-0.3, -0.25) is 9.59 Å². The van der Waals surface area contributed by atoms with E-state index in [1.165, 1.54) is 30.8 Å². The summed E-state index contributed by atoms with van der Waals surface area (Å²) in [5.41, 5.74) is 1.63. The smallest absolute Gasteiger partial charge is 0.338 e. The first-order valence-corrected chi connectivity index (χ1v) is 9.45. The zero-order valence-corrected chi connectivity index (χ0v) is 16.6. The fourth-order valence-electron chi connectivity index (χ4n) is 2.73. The van der Waals surface area contributed by atoms with Crippen LogP contribution < -0.4 is 10.2 Å². The van der Waals surface area contributed by atoms with Crippen LogP contribution in [0.25, 0.3) is 0 Å². The molecule has 1 aliphatic heterocycles. The van der Waals surface area contributed by atoms with Crippen LogP contribution in [0, 0.1) is 11.3 Å². The van der Waals surface area contributed by atoms with E-state index in [0.29, 0.717) is 10.7 Å². The van der Waals surface area contributed by atoms with Crippen LogP contribution in [-0.2, 0) is 14.3 Å². The van der Waals surface area contributed by atoms with Crippen LogP contribution in [0.15, 0.2) is 64.0 Å². The van der Waals surface area contributed by atoms with Crippen LogP contribution in [0.5, 0.6) is 0 Å². The van der Waals surface area contributed by atoms with Gasteiger partial charge in [0, 0.05) is 24.6 Å². The number of carbonyl (C=O) groups excluding carboxylic acids is 3. The predicted octanol–water partition coefficient (Wildman–Crippen LogP) is 3.35. The maximum Gasteiger partial charge on any atom is 0.338 e. The lowest BCUT2D eigenvalue weighted by Crippen LogP contribution is -2.20. The first-order chi connectivity index (χ1) is 13.9. The number of hydrogen-bond donors (Lipinski definition) is 1. The molecule has 1 aliphatic rings. The van der Waals surface area contributed by atoms with Crippen molar-refractivity contribution < 1.29 is 19.1 Å². The normalized spacial score (nSPS) is 13.9. The number of ketones is 1. The van der Waals surface area contributed by atoms with Crippen LogP contribution in [0.2, 0.25) is 0 Å². The van der Waals surface area contributed by atoms with Crippen LogP contribution in [0.3, 0.4) is 0 Å². The van der Waals surface area contributed by atoms with Gasteiger partial charge in [0.25, 0.3) is 0 Å². The number of benzene rings is 2. The summed E-state index contributed by atoms with van der Waals surface area (Å²) in [6.07, 6.45) is 0. The van der Waals surface area contributed by atoms with E-state index in [9.17, 15) is 19.6 Å². The number of Topliss-reactive ketones (excluding diaryl/α,β-unsaturated/α-hetero) is 1. The number of esters is 1. The zero-order chi connectivity index (χ0) is 21.0. The Morgan fingerprint density at radius 2 is 1.83 bits per heavy atom. The van der Waals surface area contributed by atoms with Gasteiger partial charge in [0.05, 0.1) is 11.3 Å². The van der Waals surface area contributed by atoms with E-state index in [0.717, 1.165) is 10.6 Å². The van der Waals surface area contributed by atoms with Gasteiger partial charge in [-0.25, -0.2) is 4.79 Å². The maximum atomic E-state index is 12.5. The van der Waals surface area contributed by atoms with Crippen LogP contribution in [0.4, 0.5) is 11.4 Å². The first-order valence-electron chi connectivity index (χ1n) is 8.63.